The molecule has 1 aromatic rings. The highest BCUT2D eigenvalue weighted by atomic mass is 17.2. The lowest BCUT2D eigenvalue weighted by Gasteiger charge is -2.38. The topological polar surface area (TPSA) is 27.7 Å². The van der Waals surface area contributed by atoms with Crippen LogP contribution in [0.1, 0.15) is 94.1 Å². The Morgan fingerprint density at radius 3 is 2.19 bits per heavy atom. The molecule has 0 atom stereocenters. The van der Waals surface area contributed by atoms with Crippen LogP contribution in [-0.4, -0.2) is 19.8 Å². The van der Waals surface area contributed by atoms with Crippen molar-refractivity contribution in [3.63, 3.8) is 0 Å². The monoisotopic (exact) mass is 426 g/mol. The van der Waals surface area contributed by atoms with Gasteiger partial charge in [-0.1, -0.05) is 18.1 Å². The zero-order valence-corrected chi connectivity index (χ0v) is 19.7. The lowest BCUT2D eigenvalue weighted by Crippen LogP contribution is -2.27. The van der Waals surface area contributed by atoms with Crippen molar-refractivity contribution in [3.05, 3.63) is 42.2 Å². The largest absolute Gasteiger partial charge is 0.496 e. The summed E-state index contributed by atoms with van der Waals surface area (Å²) >= 11 is 0. The van der Waals surface area contributed by atoms with Gasteiger partial charge >= 0.3 is 0 Å². The molecule has 0 saturated heterocycles. The van der Waals surface area contributed by atoms with Crippen LogP contribution in [-0.2, 0) is 9.78 Å². The first-order valence-electron chi connectivity index (χ1n) is 12.7. The average Bonchev–Trinajstić information content (AvgIpc) is 2.81. The molecule has 0 amide bonds. The van der Waals surface area contributed by atoms with Crippen molar-refractivity contribution in [2.45, 2.75) is 96.0 Å². The molecule has 3 heteroatoms. The molecule has 172 valence electrons. The smallest absolute Gasteiger partial charge is 0.122 e. The number of hydrogen-bond acceptors (Lipinski definition) is 3. The van der Waals surface area contributed by atoms with E-state index in [0.29, 0.717) is 11.8 Å². The maximum absolute atomic E-state index is 5.70. The minimum Gasteiger partial charge on any atom is -0.496 e. The average molecular weight is 427 g/mol. The van der Waals surface area contributed by atoms with Crippen LogP contribution in [0.25, 0.3) is 0 Å². The molecule has 0 aromatic heterocycles. The van der Waals surface area contributed by atoms with E-state index in [2.05, 4.69) is 32.0 Å². The van der Waals surface area contributed by atoms with Gasteiger partial charge in [-0.05, 0) is 99.2 Å². The third kappa shape index (κ3) is 6.20. The number of ether oxygens (including phenoxy) is 1. The highest BCUT2D eigenvalue weighted by molar-refractivity contribution is 5.38. The molecule has 3 saturated carbocycles. The molecule has 0 N–H and O–H groups in total. The maximum atomic E-state index is 5.70. The van der Waals surface area contributed by atoms with E-state index in [0.717, 1.165) is 49.9 Å². The first-order valence-corrected chi connectivity index (χ1v) is 12.7. The van der Waals surface area contributed by atoms with Crippen LogP contribution in [0.15, 0.2) is 18.2 Å². The Hall–Kier alpha value is -1.19. The summed E-state index contributed by atoms with van der Waals surface area (Å²) in [4.78, 5) is 11.4. The third-order valence-corrected chi connectivity index (χ3v) is 8.38. The van der Waals surface area contributed by atoms with Crippen molar-refractivity contribution >= 4 is 0 Å². The second kappa shape index (κ2) is 11.1. The lowest BCUT2D eigenvalue weighted by molar-refractivity contribution is -0.334. The van der Waals surface area contributed by atoms with Crippen LogP contribution in [0.2, 0.25) is 0 Å². The molecule has 0 bridgehead atoms. The Balaban J connectivity index is 1.14. The van der Waals surface area contributed by atoms with Gasteiger partial charge in [0, 0.05) is 12.8 Å². The first-order chi connectivity index (χ1) is 15.1. The molecular formula is C28H42O3. The predicted octanol–water partition coefficient (Wildman–Crippen LogP) is 7.38. The van der Waals surface area contributed by atoms with Gasteiger partial charge in [0.15, 0.2) is 0 Å². The van der Waals surface area contributed by atoms with Crippen molar-refractivity contribution < 1.29 is 14.5 Å². The van der Waals surface area contributed by atoms with Gasteiger partial charge in [0.2, 0.25) is 0 Å². The molecule has 0 radical (unpaired) electrons. The minimum absolute atomic E-state index is 0.283. The quantitative estimate of drug-likeness (QED) is 0.258. The van der Waals surface area contributed by atoms with Crippen molar-refractivity contribution in [2.24, 2.45) is 17.8 Å². The summed E-state index contributed by atoms with van der Waals surface area (Å²) in [6.07, 6.45) is 15.5. The van der Waals surface area contributed by atoms with E-state index in [1.165, 1.54) is 68.4 Å². The fourth-order valence-corrected chi connectivity index (χ4v) is 6.17. The molecule has 0 heterocycles. The summed E-state index contributed by atoms with van der Waals surface area (Å²) < 4.78 is 5.55. The van der Waals surface area contributed by atoms with Gasteiger partial charge < -0.3 is 4.74 Å². The Bertz CT molecular complexity index is 663. The summed E-state index contributed by atoms with van der Waals surface area (Å²) in [6, 6.07) is 6.81. The van der Waals surface area contributed by atoms with Crippen LogP contribution in [0.5, 0.6) is 5.75 Å². The molecule has 3 aliphatic carbocycles. The van der Waals surface area contributed by atoms with E-state index in [1.807, 2.05) is 0 Å². The van der Waals surface area contributed by atoms with Crippen LogP contribution in [0.3, 0.4) is 0 Å². The normalized spacial score (nSPS) is 30.4. The highest BCUT2D eigenvalue weighted by Crippen LogP contribution is 2.44. The van der Waals surface area contributed by atoms with E-state index in [9.17, 15) is 0 Å². The molecule has 4 rings (SSSR count). The van der Waals surface area contributed by atoms with Crippen molar-refractivity contribution in [1.82, 2.24) is 0 Å². The second-order valence-corrected chi connectivity index (χ2v) is 10.5. The van der Waals surface area contributed by atoms with Gasteiger partial charge in [-0.15, -0.1) is 6.92 Å². The third-order valence-electron chi connectivity index (χ3n) is 8.38. The Labute approximate surface area is 190 Å². The molecular weight excluding hydrogens is 384 g/mol. The number of methoxy groups -OCH3 is 1. The van der Waals surface area contributed by atoms with Crippen molar-refractivity contribution in [3.8, 4) is 5.75 Å². The summed E-state index contributed by atoms with van der Waals surface area (Å²) in [5.74, 6) is 5.66. The highest BCUT2D eigenvalue weighted by Gasteiger charge is 2.32. The number of benzene rings is 1. The molecule has 0 spiro atoms. The molecule has 31 heavy (non-hydrogen) atoms. The van der Waals surface area contributed by atoms with Crippen molar-refractivity contribution in [1.29, 1.82) is 0 Å². The van der Waals surface area contributed by atoms with Crippen LogP contribution in [0, 0.1) is 37.5 Å². The van der Waals surface area contributed by atoms with Crippen molar-refractivity contribution in [2.75, 3.05) is 13.7 Å². The van der Waals surface area contributed by atoms with E-state index < -0.39 is 0 Å². The fraction of sp³-hybridized carbons (Fsp3) is 0.714. The van der Waals surface area contributed by atoms with Gasteiger partial charge in [0.1, 0.15) is 11.9 Å². The molecule has 3 fully saturated rings. The summed E-state index contributed by atoms with van der Waals surface area (Å²) in [6.45, 7) is 6.99. The van der Waals surface area contributed by atoms with E-state index in [-0.39, 0.29) is 6.10 Å². The lowest BCUT2D eigenvalue weighted by atomic mass is 9.68. The zero-order chi connectivity index (χ0) is 21.6. The van der Waals surface area contributed by atoms with E-state index in [4.69, 9.17) is 14.5 Å². The first kappa shape index (κ1) is 23.0. The van der Waals surface area contributed by atoms with Gasteiger partial charge in [0.05, 0.1) is 26.6 Å². The standard InChI is InChI=1S/C28H42O3/c1-20-4-16-27(17-5-20)31-30-19-22-7-10-23(11-8-22)24-12-14-25(15-13-24)26-9-6-21(2)28(18-26)29-3/h6,9,18,22-25,27H,1,4-5,7-8,10-17,19H2,2-3H3. The molecule has 0 aliphatic heterocycles. The van der Waals surface area contributed by atoms with Crippen LogP contribution >= 0.6 is 0 Å². The van der Waals surface area contributed by atoms with Gasteiger partial charge in [0.25, 0.3) is 0 Å². The van der Waals surface area contributed by atoms with Gasteiger partial charge in [-0.3, -0.25) is 0 Å². The van der Waals surface area contributed by atoms with Crippen LogP contribution in [0.4, 0.5) is 0 Å². The van der Waals surface area contributed by atoms with Gasteiger partial charge in [-0.2, -0.15) is 0 Å². The van der Waals surface area contributed by atoms with E-state index >= 15 is 0 Å². The molecule has 0 unspecified atom stereocenters. The Kier molecular flexibility index (Phi) is 8.23. The minimum atomic E-state index is 0.283. The Morgan fingerprint density at radius 1 is 0.903 bits per heavy atom. The predicted molar refractivity (Wildman–Crippen MR) is 126 cm³/mol. The summed E-state index contributed by atoms with van der Waals surface area (Å²) in [7, 11) is 1.78. The maximum Gasteiger partial charge on any atom is 0.122 e. The van der Waals surface area contributed by atoms with Crippen LogP contribution < -0.4 is 4.74 Å². The number of rotatable bonds is 7. The molecule has 3 nitrogen and oxygen atoms in total. The zero-order valence-electron chi connectivity index (χ0n) is 19.7. The SMILES string of the molecule is [CH2-][C+]1CCC(OOCC2CCC(C3CCC(c4ccc(C)c(OC)c4)CC3)CC2)CC1. The molecule has 1 aromatic carbocycles. The second-order valence-electron chi connectivity index (χ2n) is 10.5. The van der Waals surface area contributed by atoms with E-state index in [1.54, 1.807) is 7.11 Å². The summed E-state index contributed by atoms with van der Waals surface area (Å²) in [5.41, 5.74) is 2.71. The number of hydrogen-bond donors (Lipinski definition) is 0. The Morgan fingerprint density at radius 2 is 1.55 bits per heavy atom. The number of aryl methyl sites for hydroxylation is 1. The van der Waals surface area contributed by atoms with Gasteiger partial charge in [-0.25, -0.2) is 9.78 Å². The fourth-order valence-electron chi connectivity index (χ4n) is 6.17. The summed E-state index contributed by atoms with van der Waals surface area (Å²) in [5, 5.41) is 0. The molecule has 3 aliphatic rings.